The highest BCUT2D eigenvalue weighted by atomic mass is 19.1. The predicted octanol–water partition coefficient (Wildman–Crippen LogP) is 9.36. The van der Waals surface area contributed by atoms with Gasteiger partial charge in [0.2, 0.25) is 0 Å². The van der Waals surface area contributed by atoms with E-state index in [1.165, 1.54) is 88.7 Å². The lowest BCUT2D eigenvalue weighted by molar-refractivity contribution is -0.207. The molecule has 1 heterocycles. The van der Waals surface area contributed by atoms with Crippen molar-refractivity contribution in [3.05, 3.63) is 65.0 Å². The van der Waals surface area contributed by atoms with Crippen molar-refractivity contribution in [2.75, 3.05) is 13.2 Å². The van der Waals surface area contributed by atoms with Crippen LogP contribution >= 0.6 is 0 Å². The van der Waals surface area contributed by atoms with E-state index in [1.54, 1.807) is 24.3 Å². The third-order valence-corrected chi connectivity index (χ3v) is 7.38. The van der Waals surface area contributed by atoms with Crippen LogP contribution in [0.2, 0.25) is 0 Å². The van der Waals surface area contributed by atoms with Crippen molar-refractivity contribution in [1.29, 1.82) is 0 Å². The minimum absolute atomic E-state index is 0.166. The Labute approximate surface area is 229 Å². The van der Waals surface area contributed by atoms with Crippen molar-refractivity contribution in [1.82, 2.24) is 0 Å². The summed E-state index contributed by atoms with van der Waals surface area (Å²) in [5, 5.41) is 0. The van der Waals surface area contributed by atoms with Crippen LogP contribution in [-0.4, -0.2) is 19.2 Å². The molecule has 0 aromatic heterocycles. The van der Waals surface area contributed by atoms with Crippen LogP contribution in [0.4, 0.5) is 4.39 Å². The Balaban J connectivity index is 1.40. The number of hydrogen-bond donors (Lipinski definition) is 0. The largest absolute Gasteiger partial charge is 0.423 e. The van der Waals surface area contributed by atoms with Crippen LogP contribution in [0.15, 0.2) is 42.5 Å². The number of carbonyl (C=O) groups excluding carboxylic acids is 1. The lowest BCUT2D eigenvalue weighted by Gasteiger charge is -2.30. The lowest BCUT2D eigenvalue weighted by atomic mass is 10.0. The first-order valence-electron chi connectivity index (χ1n) is 14.9. The van der Waals surface area contributed by atoms with Gasteiger partial charge in [-0.2, -0.15) is 0 Å². The van der Waals surface area contributed by atoms with Gasteiger partial charge in [-0.1, -0.05) is 103 Å². The molecule has 0 atom stereocenters. The monoisotopic (exact) mass is 526 g/mol. The Morgan fingerprint density at radius 3 is 2.05 bits per heavy atom. The van der Waals surface area contributed by atoms with Crippen molar-refractivity contribution < 1.29 is 23.4 Å². The number of esters is 1. The smallest absolute Gasteiger partial charge is 0.343 e. The summed E-state index contributed by atoms with van der Waals surface area (Å²) in [6.07, 6.45) is 16.6. The molecule has 5 heteroatoms. The molecule has 0 saturated carbocycles. The highest BCUT2D eigenvalue weighted by molar-refractivity contribution is 5.91. The highest BCUT2D eigenvalue weighted by Gasteiger charge is 2.26. The molecule has 0 spiro atoms. The summed E-state index contributed by atoms with van der Waals surface area (Å²) in [6, 6.07) is 11.9. The minimum Gasteiger partial charge on any atom is -0.423 e. The summed E-state index contributed by atoms with van der Waals surface area (Å²) in [5.41, 5.74) is 1.71. The van der Waals surface area contributed by atoms with E-state index in [0.29, 0.717) is 30.4 Å². The average molecular weight is 527 g/mol. The molecule has 0 radical (unpaired) electrons. The van der Waals surface area contributed by atoms with E-state index in [2.05, 4.69) is 13.8 Å². The van der Waals surface area contributed by atoms with Gasteiger partial charge in [-0.05, 0) is 49.1 Å². The zero-order valence-corrected chi connectivity index (χ0v) is 23.5. The maximum absolute atomic E-state index is 14.9. The fraction of sp³-hybridized carbons (Fsp3) is 0.606. The van der Waals surface area contributed by atoms with Crippen LogP contribution in [0.5, 0.6) is 5.75 Å². The van der Waals surface area contributed by atoms with Gasteiger partial charge in [0.15, 0.2) is 6.29 Å². The fourth-order valence-corrected chi connectivity index (χ4v) is 4.95. The number of ether oxygens (including phenoxy) is 3. The molecular weight excluding hydrogens is 479 g/mol. The average Bonchev–Trinajstić information content (AvgIpc) is 2.94. The Bertz CT molecular complexity index is 935. The first-order valence-corrected chi connectivity index (χ1v) is 14.9. The molecule has 4 nitrogen and oxygen atoms in total. The maximum atomic E-state index is 14.9. The standard InChI is InChI=1S/C33H47FO4/c1-3-5-7-9-10-12-14-16-27-24-36-33(37-25-27)30-22-19-28(23-31(30)34)32(35)38-29-20-17-26(18-21-29)15-13-11-8-6-4-2/h17-23,27,33H,3-16,24-25H2,1-2H3. The van der Waals surface area contributed by atoms with E-state index < -0.39 is 18.1 Å². The van der Waals surface area contributed by atoms with Gasteiger partial charge in [-0.15, -0.1) is 0 Å². The van der Waals surface area contributed by atoms with Crippen molar-refractivity contribution in [3.63, 3.8) is 0 Å². The van der Waals surface area contributed by atoms with Gasteiger partial charge in [-0.25, -0.2) is 9.18 Å². The third kappa shape index (κ3) is 10.5. The van der Waals surface area contributed by atoms with Gasteiger partial charge in [0.05, 0.1) is 18.8 Å². The second kappa shape index (κ2) is 17.4. The number of unbranched alkanes of at least 4 members (excludes halogenated alkanes) is 10. The van der Waals surface area contributed by atoms with Crippen molar-refractivity contribution in [3.8, 4) is 5.75 Å². The van der Waals surface area contributed by atoms with Gasteiger partial charge in [0.1, 0.15) is 11.6 Å². The van der Waals surface area contributed by atoms with Gasteiger partial charge in [-0.3, -0.25) is 0 Å². The number of rotatable bonds is 17. The van der Waals surface area contributed by atoms with Crippen LogP contribution in [-0.2, 0) is 15.9 Å². The molecule has 1 saturated heterocycles. The van der Waals surface area contributed by atoms with Crippen molar-refractivity contribution in [2.45, 2.75) is 110 Å². The zero-order chi connectivity index (χ0) is 27.0. The number of benzene rings is 2. The minimum atomic E-state index is -0.736. The molecule has 0 amide bonds. The van der Waals surface area contributed by atoms with Crippen molar-refractivity contribution >= 4 is 5.97 Å². The molecule has 210 valence electrons. The number of aryl methyl sites for hydroxylation is 1. The van der Waals surface area contributed by atoms with Crippen LogP contribution in [0, 0.1) is 11.7 Å². The number of carbonyl (C=O) groups is 1. The van der Waals surface area contributed by atoms with Gasteiger partial charge in [0.25, 0.3) is 0 Å². The van der Waals surface area contributed by atoms with E-state index in [9.17, 15) is 9.18 Å². The van der Waals surface area contributed by atoms with Crippen LogP contribution < -0.4 is 4.74 Å². The Kier molecular flexibility index (Phi) is 13.9. The molecule has 0 N–H and O–H groups in total. The summed E-state index contributed by atoms with van der Waals surface area (Å²) < 4.78 is 32.0. The molecule has 1 aliphatic heterocycles. The molecule has 1 aliphatic rings. The lowest BCUT2D eigenvalue weighted by Crippen LogP contribution is -2.27. The number of hydrogen-bond acceptors (Lipinski definition) is 4. The number of halogens is 1. The normalized spacial score (nSPS) is 17.4. The SMILES string of the molecule is CCCCCCCCCC1COC(c2ccc(C(=O)Oc3ccc(CCCCCCC)cc3)cc2F)OC1. The molecule has 1 fully saturated rings. The second-order valence-corrected chi connectivity index (χ2v) is 10.7. The molecule has 3 rings (SSSR count). The summed E-state index contributed by atoms with van der Waals surface area (Å²) in [6.45, 7) is 5.59. The van der Waals surface area contributed by atoms with E-state index in [-0.39, 0.29) is 5.56 Å². The van der Waals surface area contributed by atoms with E-state index in [0.717, 1.165) is 12.8 Å². The summed E-state index contributed by atoms with van der Waals surface area (Å²) in [4.78, 5) is 12.6. The Morgan fingerprint density at radius 2 is 1.42 bits per heavy atom. The van der Waals surface area contributed by atoms with Gasteiger partial charge >= 0.3 is 5.97 Å². The summed E-state index contributed by atoms with van der Waals surface area (Å²) >= 11 is 0. The van der Waals surface area contributed by atoms with Gasteiger partial charge < -0.3 is 14.2 Å². The molecular formula is C33H47FO4. The van der Waals surface area contributed by atoms with Crippen LogP contribution in [0.25, 0.3) is 0 Å². The fourth-order valence-electron chi connectivity index (χ4n) is 4.95. The van der Waals surface area contributed by atoms with Crippen LogP contribution in [0.1, 0.15) is 125 Å². The topological polar surface area (TPSA) is 44.8 Å². The maximum Gasteiger partial charge on any atom is 0.343 e. The van der Waals surface area contributed by atoms with E-state index in [4.69, 9.17) is 14.2 Å². The quantitative estimate of drug-likeness (QED) is 0.117. The van der Waals surface area contributed by atoms with E-state index >= 15 is 0 Å². The predicted molar refractivity (Wildman–Crippen MR) is 151 cm³/mol. The van der Waals surface area contributed by atoms with Gasteiger partial charge in [0, 0.05) is 11.5 Å². The van der Waals surface area contributed by atoms with Crippen LogP contribution in [0.3, 0.4) is 0 Å². The first kappa shape index (κ1) is 30.3. The molecule has 0 aliphatic carbocycles. The van der Waals surface area contributed by atoms with E-state index in [1.807, 2.05) is 12.1 Å². The Hall–Kier alpha value is -2.24. The Morgan fingerprint density at radius 1 is 0.816 bits per heavy atom. The molecule has 2 aromatic carbocycles. The third-order valence-electron chi connectivity index (χ3n) is 7.38. The first-order chi connectivity index (χ1) is 18.6. The second-order valence-electron chi connectivity index (χ2n) is 10.7. The van der Waals surface area contributed by atoms with Crippen molar-refractivity contribution in [2.24, 2.45) is 5.92 Å². The molecule has 38 heavy (non-hydrogen) atoms. The molecule has 0 unspecified atom stereocenters. The molecule has 2 aromatic rings. The summed E-state index contributed by atoms with van der Waals surface area (Å²) in [7, 11) is 0. The highest BCUT2D eigenvalue weighted by Crippen LogP contribution is 2.30. The molecule has 0 bridgehead atoms. The zero-order valence-electron chi connectivity index (χ0n) is 23.5. The summed E-state index contributed by atoms with van der Waals surface area (Å²) in [5.74, 6) is -0.289.